The molecule has 2 unspecified atom stereocenters. The minimum Gasteiger partial charge on any atom is -0.488 e. The fraction of sp³-hybridized carbons (Fsp3) is 0.600. The highest BCUT2D eigenvalue weighted by Gasteiger charge is 2.22. The molecular weight excluding hydrogens is 226 g/mol. The molecule has 2 atom stereocenters. The van der Waals surface area contributed by atoms with E-state index in [0.29, 0.717) is 6.54 Å². The van der Waals surface area contributed by atoms with E-state index in [9.17, 15) is 5.11 Å². The van der Waals surface area contributed by atoms with E-state index in [1.807, 2.05) is 0 Å². The highest BCUT2D eigenvalue weighted by molar-refractivity contribution is 5.40. The van der Waals surface area contributed by atoms with Crippen molar-refractivity contribution in [1.29, 1.82) is 0 Å². The zero-order valence-corrected chi connectivity index (χ0v) is 11.3. The standard InChI is InChI=1S/C15H23NO2/c1-3-4-13(17)9-16-10-14-8-12-7-11(2)5-6-15(12)18-14/h5-7,13-14,16-17H,3-4,8-10H2,1-2H3. The predicted molar refractivity (Wildman–Crippen MR) is 73.1 cm³/mol. The lowest BCUT2D eigenvalue weighted by molar-refractivity contribution is 0.152. The van der Waals surface area contributed by atoms with Gasteiger partial charge >= 0.3 is 0 Å². The molecule has 1 heterocycles. The molecule has 0 amide bonds. The molecule has 1 aromatic rings. The van der Waals surface area contributed by atoms with Gasteiger partial charge in [-0.25, -0.2) is 0 Å². The quantitative estimate of drug-likeness (QED) is 0.811. The van der Waals surface area contributed by atoms with Crippen LogP contribution in [0.3, 0.4) is 0 Å². The molecule has 1 aliphatic rings. The normalized spacial score (nSPS) is 19.4. The number of hydrogen-bond acceptors (Lipinski definition) is 3. The van der Waals surface area contributed by atoms with E-state index in [1.54, 1.807) is 0 Å². The van der Waals surface area contributed by atoms with Crippen molar-refractivity contribution in [1.82, 2.24) is 5.32 Å². The molecule has 2 rings (SSSR count). The average molecular weight is 249 g/mol. The van der Waals surface area contributed by atoms with Crippen molar-refractivity contribution < 1.29 is 9.84 Å². The molecule has 1 aromatic carbocycles. The van der Waals surface area contributed by atoms with Gasteiger partial charge in [-0.2, -0.15) is 0 Å². The molecule has 0 aromatic heterocycles. The third-order valence-corrected chi connectivity index (χ3v) is 3.33. The van der Waals surface area contributed by atoms with Crippen LogP contribution in [0.2, 0.25) is 0 Å². The van der Waals surface area contributed by atoms with Crippen LogP contribution in [0.4, 0.5) is 0 Å². The van der Waals surface area contributed by atoms with Gasteiger partial charge in [0.1, 0.15) is 11.9 Å². The first-order valence-corrected chi connectivity index (χ1v) is 6.84. The first kappa shape index (κ1) is 13.4. The van der Waals surface area contributed by atoms with Gasteiger partial charge in [0.25, 0.3) is 0 Å². The molecule has 0 aliphatic carbocycles. The van der Waals surface area contributed by atoms with Gasteiger partial charge in [-0.1, -0.05) is 31.0 Å². The molecule has 3 nitrogen and oxygen atoms in total. The Morgan fingerprint density at radius 1 is 1.50 bits per heavy atom. The van der Waals surface area contributed by atoms with E-state index < -0.39 is 0 Å². The van der Waals surface area contributed by atoms with Gasteiger partial charge in [-0.3, -0.25) is 0 Å². The minimum atomic E-state index is -0.235. The average Bonchev–Trinajstić information content (AvgIpc) is 2.71. The van der Waals surface area contributed by atoms with Crippen LogP contribution in [-0.2, 0) is 6.42 Å². The summed E-state index contributed by atoms with van der Waals surface area (Å²) in [6, 6.07) is 6.33. The molecule has 18 heavy (non-hydrogen) atoms. The van der Waals surface area contributed by atoms with Gasteiger partial charge in [0.05, 0.1) is 6.10 Å². The number of nitrogens with one attached hydrogen (secondary N) is 1. The van der Waals surface area contributed by atoms with Crippen molar-refractivity contribution in [2.45, 2.75) is 45.3 Å². The third kappa shape index (κ3) is 3.47. The van der Waals surface area contributed by atoms with Crippen molar-refractivity contribution in [2.75, 3.05) is 13.1 Å². The van der Waals surface area contributed by atoms with Crippen molar-refractivity contribution in [3.05, 3.63) is 29.3 Å². The highest BCUT2D eigenvalue weighted by Crippen LogP contribution is 2.29. The Morgan fingerprint density at radius 3 is 3.11 bits per heavy atom. The number of aliphatic hydroxyl groups is 1. The zero-order chi connectivity index (χ0) is 13.0. The van der Waals surface area contributed by atoms with E-state index in [2.05, 4.69) is 37.4 Å². The molecule has 2 N–H and O–H groups in total. The second-order valence-electron chi connectivity index (χ2n) is 5.16. The summed E-state index contributed by atoms with van der Waals surface area (Å²) in [5.74, 6) is 1.02. The number of fused-ring (bicyclic) bond motifs is 1. The van der Waals surface area contributed by atoms with Crippen molar-refractivity contribution in [2.24, 2.45) is 0 Å². The second-order valence-corrected chi connectivity index (χ2v) is 5.16. The van der Waals surface area contributed by atoms with Crippen LogP contribution in [0.5, 0.6) is 5.75 Å². The van der Waals surface area contributed by atoms with Crippen LogP contribution in [0.1, 0.15) is 30.9 Å². The highest BCUT2D eigenvalue weighted by atomic mass is 16.5. The Kier molecular flexibility index (Phi) is 4.61. The lowest BCUT2D eigenvalue weighted by Gasteiger charge is -2.14. The number of aliphatic hydroxyl groups excluding tert-OH is 1. The molecular formula is C15H23NO2. The van der Waals surface area contributed by atoms with E-state index in [-0.39, 0.29) is 12.2 Å². The van der Waals surface area contributed by atoms with Crippen LogP contribution < -0.4 is 10.1 Å². The van der Waals surface area contributed by atoms with E-state index in [4.69, 9.17) is 4.74 Å². The SMILES string of the molecule is CCCC(O)CNCC1Cc2cc(C)ccc2O1. The number of rotatable bonds is 6. The molecule has 0 fully saturated rings. The number of aryl methyl sites for hydroxylation is 1. The van der Waals surface area contributed by atoms with Crippen molar-refractivity contribution >= 4 is 0 Å². The van der Waals surface area contributed by atoms with Crippen LogP contribution in [0.15, 0.2) is 18.2 Å². The molecule has 1 aliphatic heterocycles. The summed E-state index contributed by atoms with van der Waals surface area (Å²) in [6.45, 7) is 5.65. The summed E-state index contributed by atoms with van der Waals surface area (Å²) >= 11 is 0. The van der Waals surface area contributed by atoms with Crippen molar-refractivity contribution in [3.8, 4) is 5.75 Å². The number of ether oxygens (including phenoxy) is 1. The Labute approximate surface area is 109 Å². The molecule has 0 saturated heterocycles. The number of hydrogen-bond donors (Lipinski definition) is 2. The summed E-state index contributed by atoms with van der Waals surface area (Å²) in [6.07, 6.45) is 2.82. The summed E-state index contributed by atoms with van der Waals surface area (Å²) in [5, 5.41) is 12.9. The van der Waals surface area contributed by atoms with Crippen LogP contribution in [0, 0.1) is 6.92 Å². The van der Waals surface area contributed by atoms with E-state index >= 15 is 0 Å². The monoisotopic (exact) mass is 249 g/mol. The van der Waals surface area contributed by atoms with Crippen LogP contribution >= 0.6 is 0 Å². The molecule has 0 bridgehead atoms. The lowest BCUT2D eigenvalue weighted by atomic mass is 10.1. The summed E-state index contributed by atoms with van der Waals surface area (Å²) in [5.41, 5.74) is 2.58. The van der Waals surface area contributed by atoms with Gasteiger partial charge in [-0.05, 0) is 25.0 Å². The minimum absolute atomic E-state index is 0.204. The van der Waals surface area contributed by atoms with Gasteiger partial charge in [0.2, 0.25) is 0 Å². The fourth-order valence-electron chi connectivity index (χ4n) is 2.41. The maximum absolute atomic E-state index is 9.63. The zero-order valence-electron chi connectivity index (χ0n) is 11.3. The smallest absolute Gasteiger partial charge is 0.123 e. The van der Waals surface area contributed by atoms with Crippen LogP contribution in [0.25, 0.3) is 0 Å². The molecule has 0 saturated carbocycles. The third-order valence-electron chi connectivity index (χ3n) is 3.33. The molecule has 0 spiro atoms. The summed E-state index contributed by atoms with van der Waals surface area (Å²) in [4.78, 5) is 0. The molecule has 100 valence electrons. The Hall–Kier alpha value is -1.06. The summed E-state index contributed by atoms with van der Waals surface area (Å²) in [7, 11) is 0. The van der Waals surface area contributed by atoms with E-state index in [0.717, 1.165) is 31.6 Å². The predicted octanol–water partition coefficient (Wildman–Crippen LogP) is 2.05. The fourth-order valence-corrected chi connectivity index (χ4v) is 2.41. The molecule has 3 heteroatoms. The largest absolute Gasteiger partial charge is 0.488 e. The van der Waals surface area contributed by atoms with E-state index in [1.165, 1.54) is 11.1 Å². The summed E-state index contributed by atoms with van der Waals surface area (Å²) < 4.78 is 5.86. The number of benzene rings is 1. The van der Waals surface area contributed by atoms with Crippen LogP contribution in [-0.4, -0.2) is 30.4 Å². The van der Waals surface area contributed by atoms with Gasteiger partial charge in [0, 0.05) is 19.5 Å². The van der Waals surface area contributed by atoms with Gasteiger partial charge in [-0.15, -0.1) is 0 Å². The first-order chi connectivity index (χ1) is 8.69. The Balaban J connectivity index is 1.74. The van der Waals surface area contributed by atoms with Crippen molar-refractivity contribution in [3.63, 3.8) is 0 Å². The lowest BCUT2D eigenvalue weighted by Crippen LogP contribution is -2.35. The first-order valence-electron chi connectivity index (χ1n) is 6.84. The van der Waals surface area contributed by atoms with Gasteiger partial charge in [0.15, 0.2) is 0 Å². The van der Waals surface area contributed by atoms with Gasteiger partial charge < -0.3 is 15.2 Å². The maximum Gasteiger partial charge on any atom is 0.123 e. The second kappa shape index (κ2) is 6.21. The maximum atomic E-state index is 9.63. The Bertz CT molecular complexity index is 392. The topological polar surface area (TPSA) is 41.5 Å². The Morgan fingerprint density at radius 2 is 2.33 bits per heavy atom. The molecule has 0 radical (unpaired) electrons.